The van der Waals surface area contributed by atoms with Crippen molar-refractivity contribution in [1.29, 1.82) is 0 Å². The van der Waals surface area contributed by atoms with Crippen molar-refractivity contribution in [3.8, 4) is 0 Å². The third kappa shape index (κ3) is 8.06. The number of aromatic amines is 1. The number of rotatable bonds is 13. The molecule has 1 aromatic rings. The number of carbonyl (C=O) groups excluding carboxylic acids is 4. The second-order valence-electron chi connectivity index (χ2n) is 8.14. The SMILES string of the molecule is NC(=O)CCC(NC(=O)C(N)CC(=O)O)C(=O)N1CCCC1C(=O)NC(Cc1cnc[nH]1)C(=O)O. The van der Waals surface area contributed by atoms with Crippen molar-refractivity contribution in [2.24, 2.45) is 11.5 Å². The summed E-state index contributed by atoms with van der Waals surface area (Å²) in [6, 6.07) is -5.01. The van der Waals surface area contributed by atoms with Gasteiger partial charge in [0, 0.05) is 31.3 Å². The minimum absolute atomic E-state index is 0.0551. The van der Waals surface area contributed by atoms with Crippen LogP contribution in [0.1, 0.15) is 37.8 Å². The van der Waals surface area contributed by atoms with E-state index in [2.05, 4.69) is 20.6 Å². The van der Waals surface area contributed by atoms with Crippen molar-refractivity contribution in [3.63, 3.8) is 0 Å². The molecule has 1 aliphatic rings. The van der Waals surface area contributed by atoms with Crippen molar-refractivity contribution in [2.75, 3.05) is 6.54 Å². The standard InChI is InChI=1S/C20H29N7O8/c21-11(7-16(29)30)17(31)25-12(3-4-15(22)28)19(33)27-5-1-2-14(27)18(32)26-13(20(34)35)6-10-8-23-9-24-10/h8-9,11-14H,1-7,21H2,(H2,22,28)(H,23,24)(H,25,31)(H,26,32)(H,29,30)(H,34,35). The van der Waals surface area contributed by atoms with Gasteiger partial charge in [-0.25, -0.2) is 9.78 Å². The van der Waals surface area contributed by atoms with E-state index in [1.165, 1.54) is 17.4 Å². The van der Waals surface area contributed by atoms with Gasteiger partial charge in [-0.05, 0) is 19.3 Å². The van der Waals surface area contributed by atoms with Gasteiger partial charge in [-0.15, -0.1) is 0 Å². The lowest BCUT2D eigenvalue weighted by Gasteiger charge is -2.29. The number of hydrogen-bond acceptors (Lipinski definition) is 8. The van der Waals surface area contributed by atoms with E-state index in [1.807, 2.05) is 0 Å². The van der Waals surface area contributed by atoms with Crippen LogP contribution < -0.4 is 22.1 Å². The minimum atomic E-state index is -1.44. The molecule has 2 heterocycles. The van der Waals surface area contributed by atoms with Gasteiger partial charge in [0.05, 0.1) is 18.8 Å². The molecule has 1 aliphatic heterocycles. The Bertz CT molecular complexity index is 951. The smallest absolute Gasteiger partial charge is 0.326 e. The maximum atomic E-state index is 13.2. The summed E-state index contributed by atoms with van der Waals surface area (Å²) in [5.74, 6) is -5.62. The predicted molar refractivity (Wildman–Crippen MR) is 117 cm³/mol. The van der Waals surface area contributed by atoms with Crippen molar-refractivity contribution in [2.45, 2.75) is 62.7 Å². The van der Waals surface area contributed by atoms with Gasteiger partial charge in [-0.1, -0.05) is 0 Å². The molecule has 35 heavy (non-hydrogen) atoms. The quantitative estimate of drug-likeness (QED) is 0.147. The topological polar surface area (TPSA) is 251 Å². The number of nitrogens with two attached hydrogens (primary N) is 2. The highest BCUT2D eigenvalue weighted by atomic mass is 16.4. The van der Waals surface area contributed by atoms with E-state index in [0.29, 0.717) is 12.1 Å². The second-order valence-corrected chi connectivity index (χ2v) is 8.14. The number of nitrogens with one attached hydrogen (secondary N) is 3. The number of primary amides is 1. The molecule has 0 aromatic carbocycles. The van der Waals surface area contributed by atoms with Crippen LogP contribution in [0.25, 0.3) is 0 Å². The fraction of sp³-hybridized carbons (Fsp3) is 0.550. The Kier molecular flexibility index (Phi) is 9.69. The van der Waals surface area contributed by atoms with Crippen LogP contribution in [-0.4, -0.2) is 91.4 Å². The van der Waals surface area contributed by atoms with Crippen LogP contribution in [0.5, 0.6) is 0 Å². The van der Waals surface area contributed by atoms with Gasteiger partial charge in [-0.3, -0.25) is 24.0 Å². The molecule has 0 aliphatic carbocycles. The van der Waals surface area contributed by atoms with Crippen LogP contribution >= 0.6 is 0 Å². The first-order chi connectivity index (χ1) is 16.5. The van der Waals surface area contributed by atoms with Crippen LogP contribution in [0.4, 0.5) is 0 Å². The Hall–Kier alpha value is -4.01. The minimum Gasteiger partial charge on any atom is -0.481 e. The highest BCUT2D eigenvalue weighted by molar-refractivity contribution is 5.95. The van der Waals surface area contributed by atoms with Gasteiger partial charge in [0.1, 0.15) is 18.1 Å². The van der Waals surface area contributed by atoms with Crippen LogP contribution in [0, 0.1) is 0 Å². The van der Waals surface area contributed by atoms with E-state index in [1.54, 1.807) is 0 Å². The molecule has 15 heteroatoms. The van der Waals surface area contributed by atoms with Crippen molar-refractivity contribution >= 4 is 35.6 Å². The molecule has 4 amide bonds. The number of imidazole rings is 1. The van der Waals surface area contributed by atoms with Crippen LogP contribution in [0.3, 0.4) is 0 Å². The van der Waals surface area contributed by atoms with Crippen molar-refractivity contribution in [1.82, 2.24) is 25.5 Å². The van der Waals surface area contributed by atoms with Crippen molar-refractivity contribution in [3.05, 3.63) is 18.2 Å². The van der Waals surface area contributed by atoms with Crippen LogP contribution in [-0.2, 0) is 35.2 Å². The van der Waals surface area contributed by atoms with Gasteiger partial charge in [0.2, 0.25) is 23.6 Å². The highest BCUT2D eigenvalue weighted by Crippen LogP contribution is 2.20. The summed E-state index contributed by atoms with van der Waals surface area (Å²) < 4.78 is 0. The number of H-pyrrole nitrogens is 1. The summed E-state index contributed by atoms with van der Waals surface area (Å²) >= 11 is 0. The maximum absolute atomic E-state index is 13.2. The van der Waals surface area contributed by atoms with Gasteiger partial charge < -0.3 is 42.2 Å². The van der Waals surface area contributed by atoms with E-state index in [-0.39, 0.29) is 32.2 Å². The number of aliphatic carboxylic acids is 2. The third-order valence-corrected chi connectivity index (χ3v) is 5.46. The third-order valence-electron chi connectivity index (χ3n) is 5.46. The second kappa shape index (κ2) is 12.5. The fourth-order valence-corrected chi connectivity index (χ4v) is 3.69. The molecule has 0 bridgehead atoms. The average Bonchev–Trinajstić information content (AvgIpc) is 3.46. The van der Waals surface area contributed by atoms with E-state index in [0.717, 1.165) is 0 Å². The molecular weight excluding hydrogens is 466 g/mol. The van der Waals surface area contributed by atoms with Crippen LogP contribution in [0.2, 0.25) is 0 Å². The summed E-state index contributed by atoms with van der Waals surface area (Å²) in [7, 11) is 0. The summed E-state index contributed by atoms with van der Waals surface area (Å²) in [4.78, 5) is 79.9. The monoisotopic (exact) mass is 495 g/mol. The Labute approximate surface area is 199 Å². The summed E-state index contributed by atoms with van der Waals surface area (Å²) in [5.41, 5.74) is 11.2. The van der Waals surface area contributed by atoms with Crippen LogP contribution in [0.15, 0.2) is 12.5 Å². The Morgan fingerprint density at radius 2 is 1.89 bits per heavy atom. The average molecular weight is 495 g/mol. The largest absolute Gasteiger partial charge is 0.481 e. The Morgan fingerprint density at radius 3 is 2.46 bits per heavy atom. The first-order valence-electron chi connectivity index (χ1n) is 10.9. The summed E-state index contributed by atoms with van der Waals surface area (Å²) in [6.45, 7) is 0.152. The van der Waals surface area contributed by atoms with Gasteiger partial charge >= 0.3 is 11.9 Å². The number of carbonyl (C=O) groups is 6. The molecule has 1 saturated heterocycles. The highest BCUT2D eigenvalue weighted by Gasteiger charge is 2.39. The number of hydrogen-bond donors (Lipinski definition) is 7. The number of carboxylic acid groups (broad SMARTS) is 2. The molecular formula is C20H29N7O8. The first kappa shape index (κ1) is 27.2. The molecule has 4 atom stereocenters. The van der Waals surface area contributed by atoms with E-state index in [9.17, 15) is 33.9 Å². The molecule has 2 rings (SSSR count). The zero-order valence-electron chi connectivity index (χ0n) is 18.8. The molecule has 0 saturated carbocycles. The predicted octanol–water partition coefficient (Wildman–Crippen LogP) is -2.94. The molecule has 0 spiro atoms. The lowest BCUT2D eigenvalue weighted by Crippen LogP contribution is -2.57. The molecule has 0 radical (unpaired) electrons. The lowest BCUT2D eigenvalue weighted by atomic mass is 10.1. The zero-order chi connectivity index (χ0) is 26.1. The number of likely N-dealkylation sites (tertiary alicyclic amines) is 1. The van der Waals surface area contributed by atoms with Gasteiger partial charge in [-0.2, -0.15) is 0 Å². The van der Waals surface area contributed by atoms with Gasteiger partial charge in [0.25, 0.3) is 0 Å². The maximum Gasteiger partial charge on any atom is 0.326 e. The molecule has 1 fully saturated rings. The Balaban J connectivity index is 2.12. The molecule has 15 nitrogen and oxygen atoms in total. The number of nitrogens with zero attached hydrogens (tertiary/aromatic N) is 2. The molecule has 4 unspecified atom stereocenters. The van der Waals surface area contributed by atoms with E-state index in [4.69, 9.17) is 16.6 Å². The molecule has 192 valence electrons. The van der Waals surface area contributed by atoms with Gasteiger partial charge in [0.15, 0.2) is 0 Å². The molecule has 1 aromatic heterocycles. The lowest BCUT2D eigenvalue weighted by molar-refractivity contribution is -0.145. The zero-order valence-corrected chi connectivity index (χ0v) is 18.8. The Morgan fingerprint density at radius 1 is 1.17 bits per heavy atom. The summed E-state index contributed by atoms with van der Waals surface area (Å²) in [6.07, 6.45) is 2.30. The molecule has 9 N–H and O–H groups in total. The number of carboxylic acids is 2. The number of amides is 4. The van der Waals surface area contributed by atoms with Crippen molar-refractivity contribution < 1.29 is 39.0 Å². The number of aromatic nitrogens is 2. The first-order valence-corrected chi connectivity index (χ1v) is 10.9. The van der Waals surface area contributed by atoms with E-state index < -0.39 is 66.2 Å². The summed E-state index contributed by atoms with van der Waals surface area (Å²) in [5, 5.41) is 23.1. The van der Waals surface area contributed by atoms with E-state index >= 15 is 0 Å². The fourth-order valence-electron chi connectivity index (χ4n) is 3.69. The normalized spacial score (nSPS) is 17.7.